The molecule has 1 atom stereocenters. The Kier molecular flexibility index (Phi) is 6.29. The zero-order valence-electron chi connectivity index (χ0n) is 12.8. The molecule has 1 aromatic heterocycles. The molecule has 0 aliphatic carbocycles. The minimum Gasteiger partial charge on any atom is -0.352 e. The summed E-state index contributed by atoms with van der Waals surface area (Å²) in [5.41, 5.74) is 1.51. The highest BCUT2D eigenvalue weighted by atomic mass is 79.9. The molecule has 0 fully saturated rings. The maximum Gasteiger partial charge on any atom is 0.251 e. The van der Waals surface area contributed by atoms with Gasteiger partial charge in [0.15, 0.2) is 0 Å². The first-order valence-corrected chi connectivity index (χ1v) is 8.08. The first-order chi connectivity index (χ1) is 11.1. The van der Waals surface area contributed by atoms with Gasteiger partial charge in [-0.05, 0) is 42.8 Å². The number of carbonyl (C=O) groups is 2. The fourth-order valence-corrected chi connectivity index (χ4v) is 2.29. The first kappa shape index (κ1) is 17.1. The van der Waals surface area contributed by atoms with E-state index in [4.69, 9.17) is 0 Å². The molecule has 1 heterocycles. The monoisotopic (exact) mass is 375 g/mol. The van der Waals surface area contributed by atoms with E-state index in [0.29, 0.717) is 12.1 Å². The lowest BCUT2D eigenvalue weighted by atomic mass is 10.1. The van der Waals surface area contributed by atoms with E-state index in [2.05, 4.69) is 31.5 Å². The van der Waals surface area contributed by atoms with Crippen molar-refractivity contribution in [3.63, 3.8) is 0 Å². The van der Waals surface area contributed by atoms with Crippen molar-refractivity contribution in [3.05, 3.63) is 64.4 Å². The van der Waals surface area contributed by atoms with Gasteiger partial charge in [-0.2, -0.15) is 0 Å². The number of benzene rings is 1. The Morgan fingerprint density at radius 1 is 1.22 bits per heavy atom. The second-order valence-electron chi connectivity index (χ2n) is 5.09. The predicted molar refractivity (Wildman–Crippen MR) is 91.9 cm³/mol. The molecule has 0 aliphatic rings. The highest BCUT2D eigenvalue weighted by Crippen LogP contribution is 2.11. The third-order valence-corrected chi connectivity index (χ3v) is 3.83. The maximum absolute atomic E-state index is 11.9. The second-order valence-corrected chi connectivity index (χ2v) is 6.00. The molecule has 120 valence electrons. The van der Waals surface area contributed by atoms with Gasteiger partial charge in [0.05, 0.1) is 6.04 Å². The predicted octanol–water partition coefficient (Wildman–Crippen LogP) is 2.84. The van der Waals surface area contributed by atoms with Crippen LogP contribution < -0.4 is 10.6 Å². The van der Waals surface area contributed by atoms with Crippen LogP contribution in [0.25, 0.3) is 0 Å². The molecule has 2 rings (SSSR count). The topological polar surface area (TPSA) is 71.1 Å². The number of halogens is 1. The lowest BCUT2D eigenvalue weighted by Crippen LogP contribution is -2.32. The summed E-state index contributed by atoms with van der Waals surface area (Å²) in [4.78, 5) is 27.8. The minimum absolute atomic E-state index is 0.113. The van der Waals surface area contributed by atoms with E-state index in [9.17, 15) is 9.59 Å². The van der Waals surface area contributed by atoms with Crippen LogP contribution in [0.15, 0.2) is 53.3 Å². The molecule has 0 spiro atoms. The van der Waals surface area contributed by atoms with E-state index >= 15 is 0 Å². The summed E-state index contributed by atoms with van der Waals surface area (Å²) in [6.45, 7) is 2.19. The molecule has 0 saturated carbocycles. The number of hydrogen-bond acceptors (Lipinski definition) is 3. The van der Waals surface area contributed by atoms with Crippen molar-refractivity contribution in [2.75, 3.05) is 6.54 Å². The standard InChI is InChI=1S/C17H18BrN3O2/c1-12(14-3-2-9-19-11-14)21-16(22)8-10-20-17(23)13-4-6-15(18)7-5-13/h2-7,9,11-12H,8,10H2,1H3,(H,20,23)(H,21,22)/t12-/m1/s1. The fraction of sp³-hybridized carbons (Fsp3) is 0.235. The smallest absolute Gasteiger partial charge is 0.251 e. The molecular formula is C17H18BrN3O2. The largest absolute Gasteiger partial charge is 0.352 e. The van der Waals surface area contributed by atoms with Gasteiger partial charge in [-0.1, -0.05) is 22.0 Å². The maximum atomic E-state index is 11.9. The summed E-state index contributed by atoms with van der Waals surface area (Å²) in [5.74, 6) is -0.303. The Morgan fingerprint density at radius 2 is 1.96 bits per heavy atom. The van der Waals surface area contributed by atoms with Crippen LogP contribution in [0.5, 0.6) is 0 Å². The Hall–Kier alpha value is -2.21. The minimum atomic E-state index is -0.189. The first-order valence-electron chi connectivity index (χ1n) is 7.29. The number of hydrogen-bond donors (Lipinski definition) is 2. The van der Waals surface area contributed by atoms with Gasteiger partial charge in [-0.15, -0.1) is 0 Å². The third-order valence-electron chi connectivity index (χ3n) is 3.31. The van der Waals surface area contributed by atoms with Crippen molar-refractivity contribution >= 4 is 27.7 Å². The molecule has 2 aromatic rings. The van der Waals surface area contributed by atoms with Crippen molar-refractivity contribution < 1.29 is 9.59 Å². The van der Waals surface area contributed by atoms with E-state index < -0.39 is 0 Å². The number of rotatable bonds is 6. The zero-order chi connectivity index (χ0) is 16.7. The van der Waals surface area contributed by atoms with Crippen LogP contribution in [0.4, 0.5) is 0 Å². The molecule has 0 aliphatic heterocycles. The summed E-state index contributed by atoms with van der Waals surface area (Å²) < 4.78 is 0.915. The summed E-state index contributed by atoms with van der Waals surface area (Å²) in [6.07, 6.45) is 3.64. The molecular weight excluding hydrogens is 358 g/mol. The Labute approximate surface area is 143 Å². The van der Waals surface area contributed by atoms with Crippen molar-refractivity contribution in [2.45, 2.75) is 19.4 Å². The van der Waals surface area contributed by atoms with E-state index in [1.807, 2.05) is 19.1 Å². The van der Waals surface area contributed by atoms with Crippen LogP contribution in [0, 0.1) is 0 Å². The molecule has 1 aromatic carbocycles. The number of amides is 2. The van der Waals surface area contributed by atoms with Gasteiger partial charge in [-0.25, -0.2) is 0 Å². The van der Waals surface area contributed by atoms with Crippen LogP contribution in [-0.4, -0.2) is 23.3 Å². The Morgan fingerprint density at radius 3 is 2.61 bits per heavy atom. The van der Waals surface area contributed by atoms with E-state index in [0.717, 1.165) is 10.0 Å². The quantitative estimate of drug-likeness (QED) is 0.815. The lowest BCUT2D eigenvalue weighted by Gasteiger charge is -2.14. The van der Waals surface area contributed by atoms with E-state index in [-0.39, 0.29) is 24.3 Å². The number of pyridine rings is 1. The van der Waals surface area contributed by atoms with Crippen LogP contribution in [0.2, 0.25) is 0 Å². The van der Waals surface area contributed by atoms with Gasteiger partial charge in [0.25, 0.3) is 5.91 Å². The molecule has 6 heteroatoms. The van der Waals surface area contributed by atoms with Gasteiger partial charge in [0.2, 0.25) is 5.91 Å². The van der Waals surface area contributed by atoms with Crippen molar-refractivity contribution in [2.24, 2.45) is 0 Å². The number of nitrogens with one attached hydrogen (secondary N) is 2. The van der Waals surface area contributed by atoms with Gasteiger partial charge in [-0.3, -0.25) is 14.6 Å². The molecule has 0 radical (unpaired) electrons. The van der Waals surface area contributed by atoms with E-state index in [1.54, 1.807) is 36.7 Å². The number of carbonyl (C=O) groups excluding carboxylic acids is 2. The molecule has 0 bridgehead atoms. The van der Waals surface area contributed by atoms with Gasteiger partial charge < -0.3 is 10.6 Å². The highest BCUT2D eigenvalue weighted by molar-refractivity contribution is 9.10. The number of aromatic nitrogens is 1. The molecule has 5 nitrogen and oxygen atoms in total. The Balaban J connectivity index is 1.74. The zero-order valence-corrected chi connectivity index (χ0v) is 14.3. The Bertz CT molecular complexity index is 659. The fourth-order valence-electron chi connectivity index (χ4n) is 2.02. The molecule has 0 unspecified atom stereocenters. The van der Waals surface area contributed by atoms with Crippen molar-refractivity contribution in [1.29, 1.82) is 0 Å². The third kappa shape index (κ3) is 5.49. The summed E-state index contributed by atoms with van der Waals surface area (Å²) in [6, 6.07) is 10.7. The molecule has 0 saturated heterocycles. The average molecular weight is 376 g/mol. The average Bonchev–Trinajstić information content (AvgIpc) is 2.56. The molecule has 2 N–H and O–H groups in total. The van der Waals surface area contributed by atoms with Crippen LogP contribution in [0.3, 0.4) is 0 Å². The highest BCUT2D eigenvalue weighted by Gasteiger charge is 2.10. The van der Waals surface area contributed by atoms with Crippen LogP contribution in [0.1, 0.15) is 35.3 Å². The molecule has 2 amide bonds. The summed E-state index contributed by atoms with van der Waals surface area (Å²) in [7, 11) is 0. The van der Waals surface area contributed by atoms with Gasteiger partial charge in [0, 0.05) is 35.4 Å². The summed E-state index contributed by atoms with van der Waals surface area (Å²) in [5, 5.41) is 5.62. The van der Waals surface area contributed by atoms with Gasteiger partial charge >= 0.3 is 0 Å². The lowest BCUT2D eigenvalue weighted by molar-refractivity contribution is -0.121. The van der Waals surface area contributed by atoms with E-state index in [1.165, 1.54) is 0 Å². The SMILES string of the molecule is C[C@@H](NC(=O)CCNC(=O)c1ccc(Br)cc1)c1cccnc1. The van der Waals surface area contributed by atoms with Gasteiger partial charge in [0.1, 0.15) is 0 Å². The molecule has 23 heavy (non-hydrogen) atoms. The summed E-state index contributed by atoms with van der Waals surface area (Å²) >= 11 is 3.32. The van der Waals surface area contributed by atoms with Crippen LogP contribution >= 0.6 is 15.9 Å². The van der Waals surface area contributed by atoms with Crippen molar-refractivity contribution in [3.8, 4) is 0 Å². The van der Waals surface area contributed by atoms with Crippen LogP contribution in [-0.2, 0) is 4.79 Å². The van der Waals surface area contributed by atoms with Crippen molar-refractivity contribution in [1.82, 2.24) is 15.6 Å². The second kappa shape index (κ2) is 8.43. The number of nitrogens with zero attached hydrogens (tertiary/aromatic N) is 1. The normalized spacial score (nSPS) is 11.6.